The number of benzene rings is 2. The Balaban J connectivity index is 1.70. The van der Waals surface area contributed by atoms with E-state index in [0.717, 1.165) is 28.6 Å². The zero-order valence-corrected chi connectivity index (χ0v) is 17.5. The number of rotatable bonds is 6. The van der Waals surface area contributed by atoms with Gasteiger partial charge in [-0.15, -0.1) is 0 Å². The van der Waals surface area contributed by atoms with Crippen LogP contribution in [0.3, 0.4) is 0 Å². The van der Waals surface area contributed by atoms with Crippen molar-refractivity contribution in [3.8, 4) is 5.75 Å². The van der Waals surface area contributed by atoms with Crippen LogP contribution in [0.1, 0.15) is 28.8 Å². The average Bonchev–Trinajstić information content (AvgIpc) is 3.23. The molecule has 1 unspecified atom stereocenters. The lowest BCUT2D eigenvalue weighted by Gasteiger charge is -2.20. The number of carbonyl (C=O) groups excluding carboxylic acids is 2. The van der Waals surface area contributed by atoms with Crippen LogP contribution in [-0.2, 0) is 16.1 Å². The molecule has 2 aromatic rings. The van der Waals surface area contributed by atoms with Gasteiger partial charge in [-0.25, -0.2) is 0 Å². The summed E-state index contributed by atoms with van der Waals surface area (Å²) < 4.78 is 11.7. The van der Waals surface area contributed by atoms with Crippen LogP contribution in [0, 0.1) is 0 Å². The summed E-state index contributed by atoms with van der Waals surface area (Å²) in [6, 6.07) is 12.6. The van der Waals surface area contributed by atoms with Crippen LogP contribution in [0.2, 0.25) is 0 Å². The number of anilines is 1. The Morgan fingerprint density at radius 2 is 2.11 bits per heavy atom. The van der Waals surface area contributed by atoms with E-state index >= 15 is 0 Å². The van der Waals surface area contributed by atoms with Crippen LogP contribution in [0.5, 0.6) is 5.75 Å². The molecular weight excluding hydrogens is 424 g/mol. The third-order valence-corrected chi connectivity index (χ3v) is 5.09. The fraction of sp³-hybridized carbons (Fsp3) is 0.333. The summed E-state index contributed by atoms with van der Waals surface area (Å²) in [5.41, 5.74) is 1.98. The molecule has 0 bridgehead atoms. The molecule has 6 nitrogen and oxygen atoms in total. The second-order valence-electron chi connectivity index (χ2n) is 6.69. The zero-order chi connectivity index (χ0) is 20.1. The second-order valence-corrected chi connectivity index (χ2v) is 7.60. The Hall–Kier alpha value is -2.38. The third kappa shape index (κ3) is 4.91. The lowest BCUT2D eigenvalue weighted by molar-refractivity contribution is -0.124. The topological polar surface area (TPSA) is 67.9 Å². The fourth-order valence-corrected chi connectivity index (χ4v) is 3.56. The molecule has 1 aliphatic heterocycles. The Labute approximate surface area is 172 Å². The lowest BCUT2D eigenvalue weighted by atomic mass is 10.1. The smallest absolute Gasteiger partial charge is 0.253 e. The minimum atomic E-state index is -0.411. The van der Waals surface area contributed by atoms with Crippen molar-refractivity contribution in [1.82, 2.24) is 4.90 Å². The van der Waals surface area contributed by atoms with Crippen molar-refractivity contribution < 1.29 is 19.1 Å². The molecule has 148 valence electrons. The maximum absolute atomic E-state index is 12.9. The molecule has 2 amide bonds. The quantitative estimate of drug-likeness (QED) is 0.731. The first-order valence-corrected chi connectivity index (χ1v) is 9.87. The highest BCUT2D eigenvalue weighted by Crippen LogP contribution is 2.25. The van der Waals surface area contributed by atoms with Gasteiger partial charge in [0.2, 0.25) is 0 Å². The Morgan fingerprint density at radius 1 is 1.29 bits per heavy atom. The molecule has 1 heterocycles. The van der Waals surface area contributed by atoms with Gasteiger partial charge in [-0.1, -0.05) is 22.0 Å². The van der Waals surface area contributed by atoms with Crippen molar-refractivity contribution in [2.45, 2.75) is 25.5 Å². The molecule has 0 spiro atoms. The number of nitrogens with one attached hydrogen (secondary N) is 1. The summed E-state index contributed by atoms with van der Waals surface area (Å²) in [5.74, 6) is 0.407. The van der Waals surface area contributed by atoms with Crippen LogP contribution in [0.25, 0.3) is 0 Å². The van der Waals surface area contributed by atoms with Crippen molar-refractivity contribution in [3.63, 3.8) is 0 Å². The number of methoxy groups -OCH3 is 1. The number of hydrogen-bond donors (Lipinski definition) is 1. The first kappa shape index (κ1) is 20.4. The van der Waals surface area contributed by atoms with E-state index in [4.69, 9.17) is 9.47 Å². The second kappa shape index (κ2) is 9.21. The van der Waals surface area contributed by atoms with E-state index in [2.05, 4.69) is 21.2 Å². The summed E-state index contributed by atoms with van der Waals surface area (Å²) in [6.07, 6.45) is 1.20. The number of halogens is 1. The monoisotopic (exact) mass is 446 g/mol. The number of carbonyl (C=O) groups is 2. The number of amides is 2. The van der Waals surface area contributed by atoms with Crippen LogP contribution in [-0.4, -0.2) is 43.6 Å². The van der Waals surface area contributed by atoms with Gasteiger partial charge in [0.25, 0.3) is 11.8 Å². The summed E-state index contributed by atoms with van der Waals surface area (Å²) in [5, 5.41) is 2.83. The highest BCUT2D eigenvalue weighted by molar-refractivity contribution is 9.10. The van der Waals surface area contributed by atoms with E-state index in [1.165, 1.54) is 0 Å². The van der Waals surface area contributed by atoms with Crippen LogP contribution >= 0.6 is 15.9 Å². The van der Waals surface area contributed by atoms with Crippen LogP contribution < -0.4 is 10.1 Å². The van der Waals surface area contributed by atoms with Gasteiger partial charge in [0, 0.05) is 41.5 Å². The van der Waals surface area contributed by atoms with Gasteiger partial charge < -0.3 is 19.7 Å². The molecule has 7 heteroatoms. The molecule has 1 fully saturated rings. The molecule has 1 aliphatic rings. The van der Waals surface area contributed by atoms with Crippen molar-refractivity contribution in [2.75, 3.05) is 26.1 Å². The molecular formula is C21H23BrN2O4. The summed E-state index contributed by atoms with van der Waals surface area (Å²) in [6.45, 7) is 1.01. The maximum atomic E-state index is 12.9. The molecule has 0 aromatic heterocycles. The number of hydrogen-bond acceptors (Lipinski definition) is 4. The summed E-state index contributed by atoms with van der Waals surface area (Å²) >= 11 is 3.45. The fourth-order valence-electron chi connectivity index (χ4n) is 3.16. The average molecular weight is 447 g/mol. The van der Waals surface area contributed by atoms with Gasteiger partial charge in [-0.05, 0) is 49.2 Å². The molecule has 0 aliphatic carbocycles. The van der Waals surface area contributed by atoms with Gasteiger partial charge in [0.15, 0.2) is 0 Å². The Morgan fingerprint density at radius 3 is 2.82 bits per heavy atom. The minimum absolute atomic E-state index is 0.143. The van der Waals surface area contributed by atoms with Gasteiger partial charge >= 0.3 is 0 Å². The van der Waals surface area contributed by atoms with Gasteiger partial charge in [-0.2, -0.15) is 0 Å². The minimum Gasteiger partial charge on any atom is -0.496 e. The van der Waals surface area contributed by atoms with E-state index in [0.29, 0.717) is 24.4 Å². The predicted molar refractivity (Wildman–Crippen MR) is 111 cm³/mol. The first-order chi connectivity index (χ1) is 13.5. The lowest BCUT2D eigenvalue weighted by Crippen LogP contribution is -2.28. The number of nitrogens with zero attached hydrogens (tertiary/aromatic N) is 1. The number of ether oxygens (including phenoxy) is 2. The molecule has 0 radical (unpaired) electrons. The first-order valence-electron chi connectivity index (χ1n) is 9.08. The van der Waals surface area contributed by atoms with Crippen molar-refractivity contribution in [2.24, 2.45) is 0 Å². The predicted octanol–water partition coefficient (Wildman–Crippen LogP) is 3.85. The highest BCUT2D eigenvalue weighted by atomic mass is 79.9. The summed E-state index contributed by atoms with van der Waals surface area (Å²) in [4.78, 5) is 26.7. The highest BCUT2D eigenvalue weighted by Gasteiger charge is 2.24. The molecule has 28 heavy (non-hydrogen) atoms. The largest absolute Gasteiger partial charge is 0.496 e. The van der Waals surface area contributed by atoms with Gasteiger partial charge in [0.05, 0.1) is 7.11 Å². The van der Waals surface area contributed by atoms with Crippen LogP contribution in [0.4, 0.5) is 5.69 Å². The van der Waals surface area contributed by atoms with Gasteiger partial charge in [0.1, 0.15) is 11.9 Å². The zero-order valence-electron chi connectivity index (χ0n) is 15.9. The standard InChI is InChI=1S/C21H23BrN2O4/c1-24(13-15-11-16(22)8-9-18(15)27-2)21(26)14-5-3-6-17(12-14)23-20(25)19-7-4-10-28-19/h3,5-6,8-9,11-12,19H,4,7,10,13H2,1-2H3,(H,23,25). The van der Waals surface area contributed by atoms with E-state index in [1.807, 2.05) is 18.2 Å². The summed E-state index contributed by atoms with van der Waals surface area (Å²) in [7, 11) is 3.34. The molecule has 1 saturated heterocycles. The third-order valence-electron chi connectivity index (χ3n) is 4.60. The molecule has 3 rings (SSSR count). The van der Waals surface area contributed by atoms with Gasteiger partial charge in [-0.3, -0.25) is 9.59 Å². The van der Waals surface area contributed by atoms with E-state index in [-0.39, 0.29) is 11.8 Å². The van der Waals surface area contributed by atoms with E-state index in [1.54, 1.807) is 43.3 Å². The van der Waals surface area contributed by atoms with Crippen molar-refractivity contribution in [3.05, 3.63) is 58.1 Å². The van der Waals surface area contributed by atoms with Crippen molar-refractivity contribution in [1.29, 1.82) is 0 Å². The van der Waals surface area contributed by atoms with E-state index < -0.39 is 6.10 Å². The molecule has 1 atom stereocenters. The van der Waals surface area contributed by atoms with Crippen molar-refractivity contribution >= 4 is 33.4 Å². The van der Waals surface area contributed by atoms with Crippen LogP contribution in [0.15, 0.2) is 46.9 Å². The Bertz CT molecular complexity index is 865. The SMILES string of the molecule is COc1ccc(Br)cc1CN(C)C(=O)c1cccc(NC(=O)C2CCCO2)c1. The normalized spacial score (nSPS) is 15.9. The molecule has 2 aromatic carbocycles. The maximum Gasteiger partial charge on any atom is 0.253 e. The Kier molecular flexibility index (Phi) is 6.70. The van der Waals surface area contributed by atoms with E-state index in [9.17, 15) is 9.59 Å². The molecule has 0 saturated carbocycles. The molecule has 1 N–H and O–H groups in total.